The number of carbonyl (C=O) groups is 1. The predicted octanol–water partition coefficient (Wildman–Crippen LogP) is 3.73. The van der Waals surface area contributed by atoms with E-state index in [2.05, 4.69) is 25.0 Å². The van der Waals surface area contributed by atoms with Crippen molar-refractivity contribution in [2.45, 2.75) is 20.4 Å². The van der Waals surface area contributed by atoms with Crippen LogP contribution in [0.15, 0.2) is 31.0 Å². The summed E-state index contributed by atoms with van der Waals surface area (Å²) in [7, 11) is 1.41. The Labute approximate surface area is 113 Å². The highest BCUT2D eigenvalue weighted by atomic mass is 16.5. The van der Waals surface area contributed by atoms with Crippen LogP contribution in [0.4, 0.5) is 0 Å². The molecule has 100 valence electrons. The van der Waals surface area contributed by atoms with Crippen molar-refractivity contribution in [1.82, 2.24) is 4.57 Å². The zero-order chi connectivity index (χ0) is 14.0. The molecule has 0 aliphatic carbocycles. The molecule has 1 heterocycles. The van der Waals surface area contributed by atoms with E-state index < -0.39 is 0 Å². The lowest BCUT2D eigenvalue weighted by Gasteiger charge is -2.08. The molecular weight excluding hydrogens is 238 g/mol. The van der Waals surface area contributed by atoms with E-state index in [9.17, 15) is 4.79 Å². The number of benzene rings is 1. The first-order chi connectivity index (χ1) is 9.06. The van der Waals surface area contributed by atoms with E-state index in [1.54, 1.807) is 6.08 Å². The van der Waals surface area contributed by atoms with E-state index in [0.29, 0.717) is 11.5 Å². The number of hydrogen-bond donors (Lipinski definition) is 0. The second kappa shape index (κ2) is 5.31. The summed E-state index contributed by atoms with van der Waals surface area (Å²) in [6.07, 6.45) is 3.66. The zero-order valence-corrected chi connectivity index (χ0v) is 11.6. The maximum absolute atomic E-state index is 11.9. The lowest BCUT2D eigenvalue weighted by atomic mass is 10.1. The number of nitrogens with zero attached hydrogens (tertiary/aromatic N) is 1. The Morgan fingerprint density at radius 3 is 2.79 bits per heavy atom. The van der Waals surface area contributed by atoms with Crippen molar-refractivity contribution >= 4 is 22.9 Å². The maximum Gasteiger partial charge on any atom is 0.340 e. The SMILES string of the molecule is C=Cc1ccc2c(c1)c(C(=O)OC)cn2CC(C)C. The second-order valence-corrected chi connectivity index (χ2v) is 5.06. The standard InChI is InChI=1S/C16H19NO2/c1-5-12-6-7-15-13(8-12)14(16(18)19-4)10-17(15)9-11(2)3/h5-8,10-11H,1,9H2,2-4H3. The molecular formula is C16H19NO2. The van der Waals surface area contributed by atoms with Crippen LogP contribution in [-0.2, 0) is 11.3 Å². The molecule has 0 fully saturated rings. The first-order valence-electron chi connectivity index (χ1n) is 6.40. The quantitative estimate of drug-likeness (QED) is 0.781. The van der Waals surface area contributed by atoms with Gasteiger partial charge in [-0.3, -0.25) is 0 Å². The summed E-state index contributed by atoms with van der Waals surface area (Å²) in [4.78, 5) is 11.9. The first-order valence-corrected chi connectivity index (χ1v) is 6.40. The number of methoxy groups -OCH3 is 1. The third-order valence-electron chi connectivity index (χ3n) is 3.11. The van der Waals surface area contributed by atoms with E-state index in [1.807, 2.05) is 24.4 Å². The fourth-order valence-electron chi connectivity index (χ4n) is 2.26. The number of carbonyl (C=O) groups excluding carboxylic acids is 1. The lowest BCUT2D eigenvalue weighted by molar-refractivity contribution is 0.0602. The van der Waals surface area contributed by atoms with E-state index in [4.69, 9.17) is 4.74 Å². The van der Waals surface area contributed by atoms with E-state index in [0.717, 1.165) is 23.0 Å². The Hall–Kier alpha value is -2.03. The van der Waals surface area contributed by atoms with E-state index in [-0.39, 0.29) is 5.97 Å². The molecule has 0 amide bonds. The molecule has 0 spiro atoms. The summed E-state index contributed by atoms with van der Waals surface area (Å²) in [6, 6.07) is 6.01. The van der Waals surface area contributed by atoms with Gasteiger partial charge >= 0.3 is 5.97 Å². The molecule has 0 saturated carbocycles. The summed E-state index contributed by atoms with van der Waals surface area (Å²) >= 11 is 0. The highest BCUT2D eigenvalue weighted by Crippen LogP contribution is 2.25. The number of fused-ring (bicyclic) bond motifs is 1. The minimum atomic E-state index is -0.297. The van der Waals surface area contributed by atoms with Crippen LogP contribution in [0, 0.1) is 5.92 Å². The van der Waals surface area contributed by atoms with Crippen LogP contribution in [0.25, 0.3) is 17.0 Å². The predicted molar refractivity (Wildman–Crippen MR) is 78.2 cm³/mol. The molecule has 0 atom stereocenters. The number of esters is 1. The van der Waals surface area contributed by atoms with Crippen LogP contribution in [-0.4, -0.2) is 17.6 Å². The molecule has 2 aromatic rings. The third-order valence-corrected chi connectivity index (χ3v) is 3.11. The van der Waals surface area contributed by atoms with Crippen LogP contribution >= 0.6 is 0 Å². The van der Waals surface area contributed by atoms with Crippen LogP contribution in [0.2, 0.25) is 0 Å². The number of aromatic nitrogens is 1. The maximum atomic E-state index is 11.9. The van der Waals surface area contributed by atoms with Crippen LogP contribution in [0.5, 0.6) is 0 Å². The van der Waals surface area contributed by atoms with Gasteiger partial charge in [0.05, 0.1) is 12.7 Å². The Balaban J connectivity index is 2.65. The largest absolute Gasteiger partial charge is 0.465 e. The van der Waals surface area contributed by atoms with Crippen molar-refractivity contribution in [1.29, 1.82) is 0 Å². The van der Waals surface area contributed by atoms with Crippen molar-refractivity contribution in [2.24, 2.45) is 5.92 Å². The van der Waals surface area contributed by atoms with Crippen LogP contribution < -0.4 is 0 Å². The minimum Gasteiger partial charge on any atom is -0.465 e. The molecule has 1 aromatic carbocycles. The van der Waals surface area contributed by atoms with Gasteiger partial charge in [0.15, 0.2) is 0 Å². The Bertz CT molecular complexity index is 623. The average molecular weight is 257 g/mol. The highest BCUT2D eigenvalue weighted by Gasteiger charge is 2.16. The van der Waals surface area contributed by atoms with Gasteiger partial charge in [-0.15, -0.1) is 0 Å². The Morgan fingerprint density at radius 1 is 1.47 bits per heavy atom. The molecule has 19 heavy (non-hydrogen) atoms. The molecule has 3 nitrogen and oxygen atoms in total. The molecule has 0 unspecified atom stereocenters. The van der Waals surface area contributed by atoms with E-state index in [1.165, 1.54) is 7.11 Å². The topological polar surface area (TPSA) is 31.2 Å². The van der Waals surface area contributed by atoms with Gasteiger partial charge in [0.2, 0.25) is 0 Å². The van der Waals surface area contributed by atoms with Gasteiger partial charge < -0.3 is 9.30 Å². The average Bonchev–Trinajstić information content (AvgIpc) is 2.75. The van der Waals surface area contributed by atoms with Gasteiger partial charge in [-0.1, -0.05) is 32.6 Å². The highest BCUT2D eigenvalue weighted by molar-refractivity contribution is 6.04. The molecule has 2 rings (SSSR count). The van der Waals surface area contributed by atoms with Crippen molar-refractivity contribution in [2.75, 3.05) is 7.11 Å². The summed E-state index contributed by atoms with van der Waals surface area (Å²) < 4.78 is 6.97. The zero-order valence-electron chi connectivity index (χ0n) is 11.6. The lowest BCUT2D eigenvalue weighted by Crippen LogP contribution is -2.03. The summed E-state index contributed by atoms with van der Waals surface area (Å²) in [5, 5.41) is 0.921. The fourth-order valence-corrected chi connectivity index (χ4v) is 2.26. The number of hydrogen-bond acceptors (Lipinski definition) is 2. The summed E-state index contributed by atoms with van der Waals surface area (Å²) in [5.74, 6) is 0.217. The van der Waals surface area contributed by atoms with Crippen molar-refractivity contribution < 1.29 is 9.53 Å². The normalized spacial score (nSPS) is 10.9. The number of ether oxygens (including phenoxy) is 1. The van der Waals surface area contributed by atoms with E-state index >= 15 is 0 Å². The molecule has 0 aliphatic heterocycles. The molecule has 0 N–H and O–H groups in total. The monoisotopic (exact) mass is 257 g/mol. The Morgan fingerprint density at radius 2 is 2.21 bits per heavy atom. The third kappa shape index (κ3) is 2.55. The molecule has 0 bridgehead atoms. The van der Waals surface area contributed by atoms with Crippen molar-refractivity contribution in [3.63, 3.8) is 0 Å². The van der Waals surface area contributed by atoms with Gasteiger partial charge in [0, 0.05) is 23.6 Å². The van der Waals surface area contributed by atoms with Gasteiger partial charge in [-0.2, -0.15) is 0 Å². The summed E-state index contributed by atoms with van der Waals surface area (Å²) in [6.45, 7) is 8.95. The Kier molecular flexibility index (Phi) is 3.74. The first kappa shape index (κ1) is 13.4. The smallest absolute Gasteiger partial charge is 0.340 e. The van der Waals surface area contributed by atoms with Crippen LogP contribution in [0.1, 0.15) is 29.8 Å². The molecule has 0 radical (unpaired) electrons. The summed E-state index contributed by atoms with van der Waals surface area (Å²) in [5.41, 5.74) is 2.67. The molecule has 0 aliphatic rings. The van der Waals surface area contributed by atoms with Gasteiger partial charge in [0.25, 0.3) is 0 Å². The van der Waals surface area contributed by atoms with Crippen LogP contribution in [0.3, 0.4) is 0 Å². The molecule has 3 heteroatoms. The second-order valence-electron chi connectivity index (χ2n) is 5.06. The van der Waals surface area contributed by atoms with Gasteiger partial charge in [-0.25, -0.2) is 4.79 Å². The van der Waals surface area contributed by atoms with Gasteiger partial charge in [-0.05, 0) is 23.6 Å². The molecule has 1 aromatic heterocycles. The minimum absolute atomic E-state index is 0.297. The molecule has 0 saturated heterocycles. The van der Waals surface area contributed by atoms with Crippen molar-refractivity contribution in [3.05, 3.63) is 42.1 Å². The fraction of sp³-hybridized carbons (Fsp3) is 0.312. The van der Waals surface area contributed by atoms with Crippen molar-refractivity contribution in [3.8, 4) is 0 Å². The van der Waals surface area contributed by atoms with Gasteiger partial charge in [0.1, 0.15) is 0 Å². The number of rotatable bonds is 4.